The Labute approximate surface area is 181 Å². The molecule has 1 heterocycles. The Kier molecular flexibility index (Phi) is 6.99. The van der Waals surface area contributed by atoms with Gasteiger partial charge in [-0.05, 0) is 43.5 Å². The number of benzene rings is 2. The highest BCUT2D eigenvalue weighted by molar-refractivity contribution is 6.06. The number of anilines is 1. The van der Waals surface area contributed by atoms with Crippen LogP contribution in [0.3, 0.4) is 0 Å². The van der Waals surface area contributed by atoms with Crippen molar-refractivity contribution in [2.75, 3.05) is 5.32 Å². The highest BCUT2D eigenvalue weighted by Gasteiger charge is 2.25. The first-order valence-electron chi connectivity index (χ1n) is 10.4. The predicted octanol–water partition coefficient (Wildman–Crippen LogP) is 4.81. The number of rotatable bonds is 7. The van der Waals surface area contributed by atoms with Crippen molar-refractivity contribution in [2.24, 2.45) is 0 Å². The number of esters is 1. The summed E-state index contributed by atoms with van der Waals surface area (Å²) in [5, 5.41) is 12.6. The van der Waals surface area contributed by atoms with Gasteiger partial charge in [-0.1, -0.05) is 50.6 Å². The molecule has 6 heteroatoms. The molecule has 1 atom stereocenters. The lowest BCUT2D eigenvalue weighted by molar-refractivity contribution is -0.123. The highest BCUT2D eigenvalue weighted by atomic mass is 16.5. The Balaban J connectivity index is 1.90. The fraction of sp³-hybridized carbons (Fsp3) is 0.280. The fourth-order valence-corrected chi connectivity index (χ4v) is 3.56. The van der Waals surface area contributed by atoms with E-state index in [0.29, 0.717) is 28.6 Å². The number of aryl methyl sites for hydroxylation is 1. The smallest absolute Gasteiger partial charge is 0.339 e. The maximum Gasteiger partial charge on any atom is 0.339 e. The highest BCUT2D eigenvalue weighted by Crippen LogP contribution is 2.26. The van der Waals surface area contributed by atoms with Crippen molar-refractivity contribution >= 4 is 28.5 Å². The van der Waals surface area contributed by atoms with Crippen molar-refractivity contribution in [3.8, 4) is 6.07 Å². The first-order valence-corrected chi connectivity index (χ1v) is 10.4. The average Bonchev–Trinajstić information content (AvgIpc) is 2.78. The summed E-state index contributed by atoms with van der Waals surface area (Å²) in [5.41, 5.74) is 3.66. The lowest BCUT2D eigenvalue weighted by Crippen LogP contribution is -2.30. The molecule has 3 rings (SSSR count). The molecule has 1 aromatic heterocycles. The maximum absolute atomic E-state index is 13.2. The van der Waals surface area contributed by atoms with Gasteiger partial charge in [0.15, 0.2) is 6.10 Å². The normalized spacial score (nSPS) is 11.5. The van der Waals surface area contributed by atoms with E-state index in [1.807, 2.05) is 37.3 Å². The molecule has 1 unspecified atom stereocenters. The molecule has 0 radical (unpaired) electrons. The summed E-state index contributed by atoms with van der Waals surface area (Å²) in [6.07, 6.45) is 1.26. The molecule has 3 aromatic rings. The summed E-state index contributed by atoms with van der Waals surface area (Å²) in [4.78, 5) is 30.6. The molecular weight excluding hydrogens is 390 g/mol. The van der Waals surface area contributed by atoms with Gasteiger partial charge in [0.05, 0.1) is 22.3 Å². The number of para-hydroxylation sites is 2. The predicted molar refractivity (Wildman–Crippen MR) is 120 cm³/mol. The summed E-state index contributed by atoms with van der Waals surface area (Å²) < 4.78 is 5.57. The second-order valence-electron chi connectivity index (χ2n) is 7.23. The molecule has 6 nitrogen and oxygen atoms in total. The lowest BCUT2D eigenvalue weighted by atomic mass is 9.96. The molecule has 31 heavy (non-hydrogen) atoms. The summed E-state index contributed by atoms with van der Waals surface area (Å²) in [6.45, 7) is 5.57. The van der Waals surface area contributed by atoms with Crippen LogP contribution in [-0.2, 0) is 22.4 Å². The van der Waals surface area contributed by atoms with Gasteiger partial charge in [0, 0.05) is 11.1 Å². The molecular formula is C25H25N3O3. The topological polar surface area (TPSA) is 92.1 Å². The number of hydrogen-bond acceptors (Lipinski definition) is 5. The minimum atomic E-state index is -1.04. The molecule has 0 saturated heterocycles. The maximum atomic E-state index is 13.2. The molecule has 2 aromatic carbocycles. The standard InChI is InChI=1S/C25H25N3O3/c1-4-10-21-18(5-2)23(19-12-7-9-14-22(19)27-21)25(30)31-16(3)24(29)28-20-13-8-6-11-17(20)15-26/h6-9,11-14,16H,4-5,10H2,1-3H3,(H,28,29). The molecule has 0 aliphatic rings. The molecule has 0 bridgehead atoms. The van der Waals surface area contributed by atoms with E-state index in [0.717, 1.165) is 29.6 Å². The van der Waals surface area contributed by atoms with Crippen LogP contribution < -0.4 is 5.32 Å². The van der Waals surface area contributed by atoms with Gasteiger partial charge in [0.2, 0.25) is 0 Å². The number of pyridine rings is 1. The largest absolute Gasteiger partial charge is 0.449 e. The molecule has 1 N–H and O–H groups in total. The zero-order chi connectivity index (χ0) is 22.4. The first-order chi connectivity index (χ1) is 15.0. The summed E-state index contributed by atoms with van der Waals surface area (Å²) in [5.74, 6) is -1.05. The van der Waals surface area contributed by atoms with Crippen molar-refractivity contribution in [3.63, 3.8) is 0 Å². The Morgan fingerprint density at radius 1 is 1.13 bits per heavy atom. The van der Waals surface area contributed by atoms with Gasteiger partial charge in [-0.3, -0.25) is 9.78 Å². The van der Waals surface area contributed by atoms with E-state index in [1.54, 1.807) is 24.3 Å². The number of nitrogens with one attached hydrogen (secondary N) is 1. The molecule has 0 aliphatic heterocycles. The molecule has 158 valence electrons. The molecule has 0 saturated carbocycles. The van der Waals surface area contributed by atoms with Crippen LogP contribution >= 0.6 is 0 Å². The quantitative estimate of drug-likeness (QED) is 0.559. The number of ether oxygens (including phenoxy) is 1. The van der Waals surface area contributed by atoms with Crippen LogP contribution in [0.4, 0.5) is 5.69 Å². The number of carbonyl (C=O) groups is 2. The number of aromatic nitrogens is 1. The number of fused-ring (bicyclic) bond motifs is 1. The molecule has 0 spiro atoms. The van der Waals surface area contributed by atoms with Crippen molar-refractivity contribution in [2.45, 2.75) is 46.1 Å². The van der Waals surface area contributed by atoms with Crippen molar-refractivity contribution in [3.05, 3.63) is 70.9 Å². The van der Waals surface area contributed by atoms with Crippen molar-refractivity contribution < 1.29 is 14.3 Å². The van der Waals surface area contributed by atoms with E-state index in [9.17, 15) is 14.9 Å². The minimum absolute atomic E-state index is 0.340. The van der Waals surface area contributed by atoms with Gasteiger partial charge in [-0.25, -0.2) is 4.79 Å². The van der Waals surface area contributed by atoms with E-state index >= 15 is 0 Å². The van der Waals surface area contributed by atoms with Crippen LogP contribution in [0, 0.1) is 11.3 Å². The van der Waals surface area contributed by atoms with Gasteiger partial charge in [-0.15, -0.1) is 0 Å². The van der Waals surface area contributed by atoms with Gasteiger partial charge in [0.25, 0.3) is 5.91 Å². The molecule has 0 fully saturated rings. The van der Waals surface area contributed by atoms with E-state index in [1.165, 1.54) is 6.92 Å². The van der Waals surface area contributed by atoms with Gasteiger partial charge in [0.1, 0.15) is 6.07 Å². The summed E-state index contributed by atoms with van der Waals surface area (Å²) in [6, 6.07) is 16.2. The summed E-state index contributed by atoms with van der Waals surface area (Å²) >= 11 is 0. The SMILES string of the molecule is CCCc1nc2ccccc2c(C(=O)OC(C)C(=O)Nc2ccccc2C#N)c1CC. The molecule has 0 aliphatic carbocycles. The van der Waals surface area contributed by atoms with E-state index in [-0.39, 0.29) is 0 Å². The van der Waals surface area contributed by atoms with Gasteiger partial charge < -0.3 is 10.1 Å². The van der Waals surface area contributed by atoms with Crippen LogP contribution in [0.5, 0.6) is 0 Å². The zero-order valence-electron chi connectivity index (χ0n) is 17.9. The van der Waals surface area contributed by atoms with Crippen LogP contribution in [0.25, 0.3) is 10.9 Å². The lowest BCUT2D eigenvalue weighted by Gasteiger charge is -2.18. The van der Waals surface area contributed by atoms with Crippen LogP contribution in [-0.4, -0.2) is 23.0 Å². The number of carbonyl (C=O) groups excluding carboxylic acids is 2. The fourth-order valence-electron chi connectivity index (χ4n) is 3.56. The number of nitrogens with zero attached hydrogens (tertiary/aromatic N) is 2. The van der Waals surface area contributed by atoms with E-state index in [4.69, 9.17) is 9.72 Å². The van der Waals surface area contributed by atoms with Crippen molar-refractivity contribution in [1.82, 2.24) is 4.98 Å². The minimum Gasteiger partial charge on any atom is -0.449 e. The Bertz CT molecular complexity index is 1160. The third kappa shape index (κ3) is 4.72. The Morgan fingerprint density at radius 2 is 1.84 bits per heavy atom. The average molecular weight is 415 g/mol. The Hall–Kier alpha value is -3.72. The van der Waals surface area contributed by atoms with Crippen LogP contribution in [0.15, 0.2) is 48.5 Å². The Morgan fingerprint density at radius 3 is 2.55 bits per heavy atom. The monoisotopic (exact) mass is 415 g/mol. The number of hydrogen-bond donors (Lipinski definition) is 1. The second kappa shape index (κ2) is 9.86. The number of nitriles is 1. The van der Waals surface area contributed by atoms with Gasteiger partial charge in [-0.2, -0.15) is 5.26 Å². The summed E-state index contributed by atoms with van der Waals surface area (Å²) in [7, 11) is 0. The first kappa shape index (κ1) is 22.0. The second-order valence-corrected chi connectivity index (χ2v) is 7.23. The third-order valence-corrected chi connectivity index (χ3v) is 5.08. The third-order valence-electron chi connectivity index (χ3n) is 5.08. The van der Waals surface area contributed by atoms with Crippen molar-refractivity contribution in [1.29, 1.82) is 5.26 Å². The van der Waals surface area contributed by atoms with Crippen LogP contribution in [0.1, 0.15) is 54.4 Å². The van der Waals surface area contributed by atoms with E-state index < -0.39 is 18.0 Å². The van der Waals surface area contributed by atoms with E-state index in [2.05, 4.69) is 12.2 Å². The zero-order valence-corrected chi connectivity index (χ0v) is 17.9. The molecule has 1 amide bonds. The number of amides is 1. The van der Waals surface area contributed by atoms with Crippen LogP contribution in [0.2, 0.25) is 0 Å². The van der Waals surface area contributed by atoms with Gasteiger partial charge >= 0.3 is 5.97 Å².